The fraction of sp³-hybridized carbons (Fsp3) is 0.235. The highest BCUT2D eigenvalue weighted by molar-refractivity contribution is 5.56. The zero-order chi connectivity index (χ0) is 15.2. The molecule has 0 unspecified atom stereocenters. The largest absolute Gasteiger partial charge is 0.381 e. The number of methoxy groups -OCH3 is 1. The average molecular weight is 284 g/mol. The van der Waals surface area contributed by atoms with Gasteiger partial charge in [0.05, 0.1) is 18.2 Å². The van der Waals surface area contributed by atoms with E-state index in [4.69, 9.17) is 10.00 Å². The minimum atomic E-state index is -0.373. The van der Waals surface area contributed by atoms with E-state index in [2.05, 4.69) is 5.32 Å². The third-order valence-electron chi connectivity index (χ3n) is 3.36. The molecule has 0 aliphatic carbocycles. The van der Waals surface area contributed by atoms with Crippen LogP contribution in [0.15, 0.2) is 36.4 Å². The van der Waals surface area contributed by atoms with Crippen LogP contribution in [0.5, 0.6) is 0 Å². The van der Waals surface area contributed by atoms with Gasteiger partial charge in [-0.1, -0.05) is 24.3 Å². The van der Waals surface area contributed by atoms with Crippen LogP contribution in [-0.2, 0) is 17.9 Å². The van der Waals surface area contributed by atoms with Crippen molar-refractivity contribution in [1.82, 2.24) is 0 Å². The summed E-state index contributed by atoms with van der Waals surface area (Å²) in [7, 11) is 1.65. The minimum absolute atomic E-state index is 0.311. The van der Waals surface area contributed by atoms with Crippen LogP contribution in [0.3, 0.4) is 0 Å². The lowest BCUT2D eigenvalue weighted by atomic mass is 10.1. The Hall–Kier alpha value is -2.38. The quantitative estimate of drug-likeness (QED) is 0.909. The predicted molar refractivity (Wildman–Crippen MR) is 80.3 cm³/mol. The Bertz CT molecular complexity index is 677. The van der Waals surface area contributed by atoms with Crippen molar-refractivity contribution in [2.45, 2.75) is 20.1 Å². The zero-order valence-corrected chi connectivity index (χ0v) is 12.1. The fourth-order valence-corrected chi connectivity index (χ4v) is 2.14. The molecule has 3 nitrogen and oxygen atoms in total. The molecule has 0 saturated heterocycles. The number of ether oxygens (including phenoxy) is 1. The van der Waals surface area contributed by atoms with Crippen molar-refractivity contribution in [3.63, 3.8) is 0 Å². The Morgan fingerprint density at radius 3 is 2.62 bits per heavy atom. The van der Waals surface area contributed by atoms with Gasteiger partial charge < -0.3 is 10.1 Å². The number of halogens is 1. The third kappa shape index (κ3) is 3.59. The summed E-state index contributed by atoms with van der Waals surface area (Å²) in [6.07, 6.45) is 0. The molecule has 0 heterocycles. The molecule has 21 heavy (non-hydrogen) atoms. The number of hydrogen-bond donors (Lipinski definition) is 1. The summed E-state index contributed by atoms with van der Waals surface area (Å²) in [6, 6.07) is 12.8. The lowest BCUT2D eigenvalue weighted by Crippen LogP contribution is -2.06. The molecule has 2 rings (SSSR count). The number of anilines is 1. The Morgan fingerprint density at radius 1 is 1.24 bits per heavy atom. The molecule has 2 aromatic carbocycles. The van der Waals surface area contributed by atoms with Crippen LogP contribution in [0.2, 0.25) is 0 Å². The summed E-state index contributed by atoms with van der Waals surface area (Å²) in [4.78, 5) is 0. The van der Waals surface area contributed by atoms with Crippen LogP contribution in [0.4, 0.5) is 10.1 Å². The van der Waals surface area contributed by atoms with Crippen LogP contribution >= 0.6 is 0 Å². The van der Waals surface area contributed by atoms with E-state index >= 15 is 0 Å². The van der Waals surface area contributed by atoms with Crippen LogP contribution in [-0.4, -0.2) is 7.11 Å². The van der Waals surface area contributed by atoms with E-state index in [0.717, 1.165) is 11.1 Å². The lowest BCUT2D eigenvalue weighted by Gasteiger charge is -2.13. The van der Waals surface area contributed by atoms with Gasteiger partial charge in [0, 0.05) is 24.9 Å². The van der Waals surface area contributed by atoms with Crippen molar-refractivity contribution >= 4 is 5.69 Å². The van der Waals surface area contributed by atoms with E-state index in [1.165, 1.54) is 6.07 Å². The van der Waals surface area contributed by atoms with E-state index in [1.807, 2.05) is 30.3 Å². The normalized spacial score (nSPS) is 10.2. The van der Waals surface area contributed by atoms with E-state index < -0.39 is 0 Å². The highest BCUT2D eigenvalue weighted by Crippen LogP contribution is 2.22. The SMILES string of the molecule is COCc1ccccc1CNc1cc(C#N)cc(F)c1C. The summed E-state index contributed by atoms with van der Waals surface area (Å²) in [5.41, 5.74) is 3.63. The summed E-state index contributed by atoms with van der Waals surface area (Å²) >= 11 is 0. The van der Waals surface area contributed by atoms with Crippen molar-refractivity contribution in [2.24, 2.45) is 0 Å². The molecular formula is C17H17FN2O. The van der Waals surface area contributed by atoms with Gasteiger partial charge in [-0.25, -0.2) is 4.39 Å². The minimum Gasteiger partial charge on any atom is -0.381 e. The van der Waals surface area contributed by atoms with Gasteiger partial charge in [-0.15, -0.1) is 0 Å². The van der Waals surface area contributed by atoms with Crippen LogP contribution in [0, 0.1) is 24.1 Å². The van der Waals surface area contributed by atoms with Crippen molar-refractivity contribution in [3.05, 3.63) is 64.5 Å². The lowest BCUT2D eigenvalue weighted by molar-refractivity contribution is 0.184. The van der Waals surface area contributed by atoms with E-state index in [1.54, 1.807) is 20.1 Å². The van der Waals surface area contributed by atoms with E-state index in [-0.39, 0.29) is 5.82 Å². The molecule has 0 fully saturated rings. The van der Waals surface area contributed by atoms with Gasteiger partial charge in [-0.2, -0.15) is 5.26 Å². The van der Waals surface area contributed by atoms with Gasteiger partial charge in [0.15, 0.2) is 0 Å². The zero-order valence-electron chi connectivity index (χ0n) is 12.1. The number of nitrogens with one attached hydrogen (secondary N) is 1. The second-order valence-corrected chi connectivity index (χ2v) is 4.80. The van der Waals surface area contributed by atoms with Crippen LogP contribution in [0.25, 0.3) is 0 Å². The molecule has 1 N–H and O–H groups in total. The average Bonchev–Trinajstić information content (AvgIpc) is 2.50. The second kappa shape index (κ2) is 6.87. The van der Waals surface area contributed by atoms with E-state index in [0.29, 0.717) is 30.0 Å². The topological polar surface area (TPSA) is 45.0 Å². The second-order valence-electron chi connectivity index (χ2n) is 4.80. The maximum absolute atomic E-state index is 13.7. The first-order valence-corrected chi connectivity index (χ1v) is 6.65. The fourth-order valence-electron chi connectivity index (χ4n) is 2.14. The standard InChI is InChI=1S/C17H17FN2O/c1-12-16(18)7-13(9-19)8-17(12)20-10-14-5-3-4-6-15(14)11-21-2/h3-8,20H,10-11H2,1-2H3. The molecule has 0 aliphatic rings. The van der Waals surface area contributed by atoms with Crippen molar-refractivity contribution in [2.75, 3.05) is 12.4 Å². The first-order valence-electron chi connectivity index (χ1n) is 6.65. The van der Waals surface area contributed by atoms with Gasteiger partial charge in [0.1, 0.15) is 5.82 Å². The van der Waals surface area contributed by atoms with Crippen molar-refractivity contribution in [1.29, 1.82) is 5.26 Å². The molecule has 0 atom stereocenters. The molecule has 4 heteroatoms. The smallest absolute Gasteiger partial charge is 0.129 e. The third-order valence-corrected chi connectivity index (χ3v) is 3.36. The monoisotopic (exact) mass is 284 g/mol. The summed E-state index contributed by atoms with van der Waals surface area (Å²) in [5.74, 6) is -0.373. The highest BCUT2D eigenvalue weighted by Gasteiger charge is 2.08. The van der Waals surface area contributed by atoms with E-state index in [9.17, 15) is 4.39 Å². The Balaban J connectivity index is 2.21. The first-order chi connectivity index (χ1) is 10.2. The predicted octanol–water partition coefficient (Wildman–Crippen LogP) is 3.76. The highest BCUT2D eigenvalue weighted by atomic mass is 19.1. The molecule has 0 aliphatic heterocycles. The Kier molecular flexibility index (Phi) is 4.91. The van der Waals surface area contributed by atoms with Gasteiger partial charge in [0.2, 0.25) is 0 Å². The molecular weight excluding hydrogens is 267 g/mol. The summed E-state index contributed by atoms with van der Waals surface area (Å²) in [5, 5.41) is 12.1. The molecule has 0 aromatic heterocycles. The van der Waals surface area contributed by atoms with Crippen LogP contribution in [0.1, 0.15) is 22.3 Å². The molecule has 0 saturated carbocycles. The number of nitrogens with zero attached hydrogens (tertiary/aromatic N) is 1. The van der Waals surface area contributed by atoms with Crippen LogP contribution < -0.4 is 5.32 Å². The molecule has 0 bridgehead atoms. The molecule has 0 spiro atoms. The molecule has 108 valence electrons. The molecule has 0 radical (unpaired) electrons. The maximum Gasteiger partial charge on any atom is 0.129 e. The first kappa shape index (κ1) is 15.0. The molecule has 2 aromatic rings. The van der Waals surface area contributed by atoms with Gasteiger partial charge in [-0.3, -0.25) is 0 Å². The van der Waals surface area contributed by atoms with Gasteiger partial charge in [0.25, 0.3) is 0 Å². The number of rotatable bonds is 5. The Morgan fingerprint density at radius 2 is 1.95 bits per heavy atom. The molecule has 0 amide bonds. The van der Waals surface area contributed by atoms with Crippen molar-refractivity contribution in [3.8, 4) is 6.07 Å². The number of hydrogen-bond acceptors (Lipinski definition) is 3. The summed E-state index contributed by atoms with van der Waals surface area (Å²) < 4.78 is 18.9. The Labute approximate surface area is 124 Å². The maximum atomic E-state index is 13.7. The number of benzene rings is 2. The van der Waals surface area contributed by atoms with Gasteiger partial charge in [-0.05, 0) is 30.2 Å². The van der Waals surface area contributed by atoms with Gasteiger partial charge >= 0.3 is 0 Å². The summed E-state index contributed by atoms with van der Waals surface area (Å²) in [6.45, 7) is 2.78. The van der Waals surface area contributed by atoms with Crippen molar-refractivity contribution < 1.29 is 9.13 Å². The number of nitriles is 1.